The smallest absolute Gasteiger partial charge is 0.251 e. The molecule has 5 heteroatoms. The highest BCUT2D eigenvalue weighted by molar-refractivity contribution is 5.93. The van der Waals surface area contributed by atoms with Gasteiger partial charge >= 0.3 is 0 Å². The zero-order valence-corrected chi connectivity index (χ0v) is 11.3. The SMILES string of the molecule is CC(C)[C@H]1OCC[C@@H]1CNC(=O)c1cc[nH]c(=O)c1. The number of hydrogen-bond acceptors (Lipinski definition) is 3. The van der Waals surface area contributed by atoms with Crippen LogP contribution in [0.5, 0.6) is 0 Å². The zero-order valence-electron chi connectivity index (χ0n) is 11.3. The lowest BCUT2D eigenvalue weighted by atomic mass is 9.93. The van der Waals surface area contributed by atoms with Crippen molar-refractivity contribution < 1.29 is 9.53 Å². The quantitative estimate of drug-likeness (QED) is 0.857. The molecule has 104 valence electrons. The largest absolute Gasteiger partial charge is 0.378 e. The van der Waals surface area contributed by atoms with E-state index in [4.69, 9.17) is 4.74 Å². The molecule has 0 aromatic carbocycles. The Bertz CT molecular complexity index is 495. The van der Waals surface area contributed by atoms with E-state index in [-0.39, 0.29) is 17.6 Å². The lowest BCUT2D eigenvalue weighted by Gasteiger charge is -2.22. The summed E-state index contributed by atoms with van der Waals surface area (Å²) in [5.74, 6) is 0.593. The number of carbonyl (C=O) groups is 1. The average Bonchev–Trinajstić information content (AvgIpc) is 2.84. The number of carbonyl (C=O) groups excluding carboxylic acids is 1. The van der Waals surface area contributed by atoms with Gasteiger partial charge in [0.15, 0.2) is 0 Å². The molecule has 19 heavy (non-hydrogen) atoms. The molecule has 2 heterocycles. The number of hydrogen-bond donors (Lipinski definition) is 2. The van der Waals surface area contributed by atoms with Gasteiger partial charge in [0, 0.05) is 36.9 Å². The highest BCUT2D eigenvalue weighted by Gasteiger charge is 2.30. The third kappa shape index (κ3) is 3.44. The fourth-order valence-corrected chi connectivity index (χ4v) is 2.52. The van der Waals surface area contributed by atoms with Crippen molar-refractivity contribution in [1.82, 2.24) is 10.3 Å². The predicted molar refractivity (Wildman–Crippen MR) is 72.1 cm³/mol. The molecule has 0 radical (unpaired) electrons. The van der Waals surface area contributed by atoms with Crippen LogP contribution in [0.1, 0.15) is 30.6 Å². The van der Waals surface area contributed by atoms with E-state index in [1.165, 1.54) is 12.3 Å². The predicted octanol–water partition coefficient (Wildman–Crippen LogP) is 1.17. The number of H-pyrrole nitrogens is 1. The fourth-order valence-electron chi connectivity index (χ4n) is 2.52. The number of rotatable bonds is 4. The van der Waals surface area contributed by atoms with Crippen molar-refractivity contribution in [3.8, 4) is 0 Å². The van der Waals surface area contributed by atoms with Crippen LogP contribution in [0.2, 0.25) is 0 Å². The van der Waals surface area contributed by atoms with E-state index in [0.717, 1.165) is 13.0 Å². The molecule has 2 atom stereocenters. The molecule has 1 aromatic rings. The number of ether oxygens (including phenoxy) is 1. The first-order valence-corrected chi connectivity index (χ1v) is 6.66. The van der Waals surface area contributed by atoms with Gasteiger partial charge in [-0.2, -0.15) is 0 Å². The molecule has 0 saturated carbocycles. The molecule has 1 amide bonds. The van der Waals surface area contributed by atoms with E-state index in [1.54, 1.807) is 6.07 Å². The van der Waals surface area contributed by atoms with E-state index in [2.05, 4.69) is 24.1 Å². The second kappa shape index (κ2) is 6.02. The van der Waals surface area contributed by atoms with Crippen LogP contribution in [0, 0.1) is 11.8 Å². The summed E-state index contributed by atoms with van der Waals surface area (Å²) in [6.07, 6.45) is 2.66. The molecule has 0 bridgehead atoms. The first kappa shape index (κ1) is 13.8. The molecular weight excluding hydrogens is 244 g/mol. The molecule has 1 aliphatic heterocycles. The summed E-state index contributed by atoms with van der Waals surface area (Å²) in [5, 5.41) is 2.88. The molecule has 1 aliphatic rings. The van der Waals surface area contributed by atoms with E-state index in [1.807, 2.05) is 0 Å². The van der Waals surface area contributed by atoms with Gasteiger partial charge in [0.1, 0.15) is 0 Å². The van der Waals surface area contributed by atoms with Crippen LogP contribution < -0.4 is 10.9 Å². The van der Waals surface area contributed by atoms with Crippen LogP contribution in [-0.2, 0) is 4.74 Å². The Morgan fingerprint density at radius 1 is 1.58 bits per heavy atom. The average molecular weight is 264 g/mol. The van der Waals surface area contributed by atoms with Crippen LogP contribution in [0.15, 0.2) is 23.1 Å². The monoisotopic (exact) mass is 264 g/mol. The molecule has 2 rings (SSSR count). The first-order chi connectivity index (χ1) is 9.08. The second-order valence-electron chi connectivity index (χ2n) is 5.28. The van der Waals surface area contributed by atoms with Gasteiger partial charge in [-0.3, -0.25) is 9.59 Å². The number of aromatic amines is 1. The Labute approximate surface area is 112 Å². The normalized spacial score (nSPS) is 22.7. The fraction of sp³-hybridized carbons (Fsp3) is 0.571. The van der Waals surface area contributed by atoms with Gasteiger partial charge in [-0.1, -0.05) is 13.8 Å². The van der Waals surface area contributed by atoms with Crippen molar-refractivity contribution in [2.75, 3.05) is 13.2 Å². The summed E-state index contributed by atoms with van der Waals surface area (Å²) < 4.78 is 5.68. The minimum atomic E-state index is -0.267. The summed E-state index contributed by atoms with van der Waals surface area (Å²) in [5.41, 5.74) is 0.126. The molecule has 1 aromatic heterocycles. The van der Waals surface area contributed by atoms with E-state index in [9.17, 15) is 9.59 Å². The van der Waals surface area contributed by atoms with Crippen LogP contribution in [0.25, 0.3) is 0 Å². The standard InChI is InChI=1S/C14H20N2O3/c1-9(2)13-11(4-6-19-13)8-16-14(18)10-3-5-15-12(17)7-10/h3,5,7,9,11,13H,4,6,8H2,1-2H3,(H,15,17)(H,16,18)/t11-,13-/m1/s1. The Balaban J connectivity index is 1.92. The molecule has 0 unspecified atom stereocenters. The molecule has 2 N–H and O–H groups in total. The maximum Gasteiger partial charge on any atom is 0.251 e. The van der Waals surface area contributed by atoms with Gasteiger partial charge in [-0.15, -0.1) is 0 Å². The Morgan fingerprint density at radius 2 is 2.37 bits per heavy atom. The van der Waals surface area contributed by atoms with Gasteiger partial charge in [0.05, 0.1) is 6.10 Å². The molecule has 5 nitrogen and oxygen atoms in total. The molecule has 0 spiro atoms. The third-order valence-electron chi connectivity index (χ3n) is 3.48. The van der Waals surface area contributed by atoms with E-state index < -0.39 is 0 Å². The maximum absolute atomic E-state index is 11.9. The van der Waals surface area contributed by atoms with Gasteiger partial charge in [-0.05, 0) is 18.4 Å². The van der Waals surface area contributed by atoms with Crippen molar-refractivity contribution in [1.29, 1.82) is 0 Å². The van der Waals surface area contributed by atoms with Crippen LogP contribution in [0.4, 0.5) is 0 Å². The third-order valence-corrected chi connectivity index (χ3v) is 3.48. The number of pyridine rings is 1. The van der Waals surface area contributed by atoms with Gasteiger partial charge < -0.3 is 15.0 Å². The summed E-state index contributed by atoms with van der Waals surface area (Å²) in [4.78, 5) is 25.6. The van der Waals surface area contributed by atoms with Gasteiger partial charge in [-0.25, -0.2) is 0 Å². The molecule has 1 fully saturated rings. The van der Waals surface area contributed by atoms with Crippen LogP contribution in [0.3, 0.4) is 0 Å². The topological polar surface area (TPSA) is 71.2 Å². The Kier molecular flexibility index (Phi) is 4.37. The highest BCUT2D eigenvalue weighted by Crippen LogP contribution is 2.26. The van der Waals surface area contributed by atoms with Crippen molar-refractivity contribution in [3.05, 3.63) is 34.2 Å². The Hall–Kier alpha value is -1.62. The van der Waals surface area contributed by atoms with Crippen molar-refractivity contribution in [2.24, 2.45) is 11.8 Å². The van der Waals surface area contributed by atoms with Crippen molar-refractivity contribution >= 4 is 5.91 Å². The van der Waals surface area contributed by atoms with E-state index >= 15 is 0 Å². The van der Waals surface area contributed by atoms with Crippen LogP contribution >= 0.6 is 0 Å². The summed E-state index contributed by atoms with van der Waals surface area (Å²) in [6, 6.07) is 2.90. The Morgan fingerprint density at radius 3 is 3.05 bits per heavy atom. The minimum absolute atomic E-state index is 0.208. The summed E-state index contributed by atoms with van der Waals surface area (Å²) in [6.45, 7) is 5.60. The lowest BCUT2D eigenvalue weighted by molar-refractivity contribution is 0.0533. The first-order valence-electron chi connectivity index (χ1n) is 6.66. The number of nitrogens with one attached hydrogen (secondary N) is 2. The summed E-state index contributed by atoms with van der Waals surface area (Å²) in [7, 11) is 0. The molecular formula is C14H20N2O3. The van der Waals surface area contributed by atoms with Crippen molar-refractivity contribution in [2.45, 2.75) is 26.4 Å². The highest BCUT2D eigenvalue weighted by atomic mass is 16.5. The van der Waals surface area contributed by atoms with Crippen LogP contribution in [-0.4, -0.2) is 30.1 Å². The maximum atomic E-state index is 11.9. The van der Waals surface area contributed by atoms with Gasteiger partial charge in [0.25, 0.3) is 5.91 Å². The molecule has 0 aliphatic carbocycles. The second-order valence-corrected chi connectivity index (χ2v) is 5.28. The summed E-state index contributed by atoms with van der Waals surface area (Å²) >= 11 is 0. The van der Waals surface area contributed by atoms with Crippen molar-refractivity contribution in [3.63, 3.8) is 0 Å². The molecule has 1 saturated heterocycles. The number of amides is 1. The van der Waals surface area contributed by atoms with E-state index in [0.29, 0.717) is 23.9 Å². The number of aromatic nitrogens is 1. The minimum Gasteiger partial charge on any atom is -0.378 e. The lowest BCUT2D eigenvalue weighted by Crippen LogP contribution is -2.35. The van der Waals surface area contributed by atoms with Gasteiger partial charge in [0.2, 0.25) is 5.56 Å². The zero-order chi connectivity index (χ0) is 13.8.